The van der Waals surface area contributed by atoms with E-state index in [1.165, 1.54) is 17.7 Å². The molecule has 1 heterocycles. The zero-order valence-corrected chi connectivity index (χ0v) is 22.0. The summed E-state index contributed by atoms with van der Waals surface area (Å²) in [4.78, 5) is 51.2. The maximum atomic E-state index is 12.9. The van der Waals surface area contributed by atoms with Crippen LogP contribution in [-0.4, -0.2) is 86.8 Å². The first-order chi connectivity index (χ1) is 18.9. The van der Waals surface area contributed by atoms with E-state index in [2.05, 4.69) is 39.8 Å². The molecule has 218 valence electrons. The Labute approximate surface area is 230 Å². The van der Waals surface area contributed by atoms with Gasteiger partial charge in [-0.2, -0.15) is 0 Å². The summed E-state index contributed by atoms with van der Waals surface area (Å²) in [5.74, 6) is -7.51. The molecule has 1 aliphatic rings. The lowest BCUT2D eigenvalue weighted by atomic mass is 10.0. The number of hydrogen-bond donors (Lipinski definition) is 6. The Balaban J connectivity index is 0.000000559. The van der Waals surface area contributed by atoms with E-state index in [9.17, 15) is 9.18 Å². The van der Waals surface area contributed by atoms with E-state index < -0.39 is 23.9 Å². The Morgan fingerprint density at radius 3 is 1.80 bits per heavy atom. The molecule has 1 fully saturated rings. The minimum atomic E-state index is -1.82. The second-order valence-electron chi connectivity index (χ2n) is 8.81. The number of carboxylic acids is 4. The molecule has 0 bridgehead atoms. The predicted molar refractivity (Wildman–Crippen MR) is 141 cm³/mol. The number of carbonyl (C=O) groups excluding carboxylic acids is 1. The van der Waals surface area contributed by atoms with Gasteiger partial charge in [-0.1, -0.05) is 42.5 Å². The van der Waals surface area contributed by atoms with E-state index in [1.807, 2.05) is 13.0 Å². The molecule has 13 heteroatoms. The molecule has 1 aliphatic heterocycles. The number of nitrogens with one attached hydrogen (secondary N) is 2. The van der Waals surface area contributed by atoms with Crippen molar-refractivity contribution in [2.45, 2.75) is 44.8 Å². The largest absolute Gasteiger partial charge is 0.473 e. The highest BCUT2D eigenvalue weighted by Crippen LogP contribution is 2.14. The fourth-order valence-corrected chi connectivity index (χ4v) is 3.66. The summed E-state index contributed by atoms with van der Waals surface area (Å²) < 4.78 is 12.9. The van der Waals surface area contributed by atoms with Crippen molar-refractivity contribution < 1.29 is 48.8 Å². The van der Waals surface area contributed by atoms with Gasteiger partial charge in [0.25, 0.3) is 0 Å². The number of carboxylic acid groups (broad SMARTS) is 4. The predicted octanol–water partition coefficient (Wildman–Crippen LogP) is 1.44. The highest BCUT2D eigenvalue weighted by atomic mass is 19.1. The van der Waals surface area contributed by atoms with E-state index in [4.69, 9.17) is 39.6 Å². The van der Waals surface area contributed by atoms with E-state index in [1.54, 1.807) is 12.1 Å². The van der Waals surface area contributed by atoms with Crippen molar-refractivity contribution in [2.75, 3.05) is 19.6 Å². The van der Waals surface area contributed by atoms with Crippen LogP contribution in [-0.2, 0) is 36.9 Å². The van der Waals surface area contributed by atoms with E-state index in [0.29, 0.717) is 19.0 Å². The van der Waals surface area contributed by atoms with E-state index >= 15 is 0 Å². The molecule has 1 unspecified atom stereocenters. The van der Waals surface area contributed by atoms with Gasteiger partial charge >= 0.3 is 23.9 Å². The lowest BCUT2D eigenvalue weighted by molar-refractivity contribution is -0.159. The highest BCUT2D eigenvalue weighted by Gasteiger charge is 2.22. The summed E-state index contributed by atoms with van der Waals surface area (Å²) in [5.41, 5.74) is 2.37. The van der Waals surface area contributed by atoms with Crippen molar-refractivity contribution in [2.24, 2.45) is 0 Å². The third-order valence-corrected chi connectivity index (χ3v) is 5.71. The average Bonchev–Trinajstić information content (AvgIpc) is 2.92. The van der Waals surface area contributed by atoms with Crippen molar-refractivity contribution in [3.05, 3.63) is 71.5 Å². The molecule has 40 heavy (non-hydrogen) atoms. The van der Waals surface area contributed by atoms with Crippen molar-refractivity contribution in [3.8, 4) is 0 Å². The monoisotopic (exact) mass is 563 g/mol. The molecule has 0 radical (unpaired) electrons. The summed E-state index contributed by atoms with van der Waals surface area (Å²) in [7, 11) is 0. The summed E-state index contributed by atoms with van der Waals surface area (Å²) in [6.45, 7) is 5.57. The normalized spacial score (nSPS) is 13.8. The van der Waals surface area contributed by atoms with E-state index in [-0.39, 0.29) is 17.8 Å². The number of nitrogens with zero attached hydrogens (tertiary/aromatic N) is 1. The number of amides is 1. The molecule has 1 amide bonds. The first kappa shape index (κ1) is 33.7. The molecule has 6 N–H and O–H groups in total. The second-order valence-corrected chi connectivity index (χ2v) is 8.81. The summed E-state index contributed by atoms with van der Waals surface area (Å²) >= 11 is 0. The van der Waals surface area contributed by atoms with Crippen LogP contribution < -0.4 is 10.6 Å². The average molecular weight is 564 g/mol. The fourth-order valence-electron chi connectivity index (χ4n) is 3.66. The van der Waals surface area contributed by atoms with Gasteiger partial charge in [-0.3, -0.25) is 9.69 Å². The number of likely N-dealkylation sites (tertiary alicyclic amines) is 1. The van der Waals surface area contributed by atoms with Crippen LogP contribution in [0.25, 0.3) is 0 Å². The Kier molecular flexibility index (Phi) is 15.2. The molecule has 12 nitrogen and oxygen atoms in total. The Morgan fingerprint density at radius 2 is 1.32 bits per heavy atom. The molecule has 2 aromatic rings. The number of aliphatic carboxylic acids is 4. The van der Waals surface area contributed by atoms with Crippen LogP contribution in [0.1, 0.15) is 30.9 Å². The van der Waals surface area contributed by atoms with Gasteiger partial charge in [0.05, 0.1) is 6.04 Å². The maximum Gasteiger partial charge on any atom is 0.414 e. The van der Waals surface area contributed by atoms with Crippen LogP contribution >= 0.6 is 0 Å². The molecule has 2 aromatic carbocycles. The Hall–Kier alpha value is -4.36. The zero-order chi connectivity index (χ0) is 30.1. The van der Waals surface area contributed by atoms with Crippen molar-refractivity contribution >= 4 is 29.8 Å². The van der Waals surface area contributed by atoms with Gasteiger partial charge in [-0.25, -0.2) is 23.6 Å². The third-order valence-electron chi connectivity index (χ3n) is 5.71. The first-order valence-electron chi connectivity index (χ1n) is 12.4. The Bertz CT molecular complexity index is 1060. The molecule has 0 saturated carbocycles. The molecule has 0 aliphatic carbocycles. The lowest BCUT2D eigenvalue weighted by Gasteiger charge is -2.33. The van der Waals surface area contributed by atoms with Crippen LogP contribution in [0.3, 0.4) is 0 Å². The molecule has 0 aromatic heterocycles. The maximum absolute atomic E-state index is 12.9. The van der Waals surface area contributed by atoms with Crippen LogP contribution in [0.15, 0.2) is 54.6 Å². The summed E-state index contributed by atoms with van der Waals surface area (Å²) in [5, 5.41) is 36.0. The highest BCUT2D eigenvalue weighted by molar-refractivity contribution is 6.27. The number of halogens is 1. The van der Waals surface area contributed by atoms with Crippen molar-refractivity contribution in [3.63, 3.8) is 0 Å². The first-order valence-corrected chi connectivity index (χ1v) is 12.4. The zero-order valence-electron chi connectivity index (χ0n) is 22.0. The molecule has 1 atom stereocenters. The van der Waals surface area contributed by atoms with Gasteiger partial charge in [0.15, 0.2) is 0 Å². The second kappa shape index (κ2) is 18.0. The topological polar surface area (TPSA) is 194 Å². The number of benzene rings is 2. The van der Waals surface area contributed by atoms with Crippen LogP contribution in [0.4, 0.5) is 4.39 Å². The van der Waals surface area contributed by atoms with Crippen LogP contribution in [0, 0.1) is 5.82 Å². The fraction of sp³-hybridized carbons (Fsp3) is 0.370. The molecule has 1 saturated heterocycles. The van der Waals surface area contributed by atoms with Crippen molar-refractivity contribution in [1.29, 1.82) is 0 Å². The molecular formula is C27H34FN3O9. The van der Waals surface area contributed by atoms with Gasteiger partial charge in [0.2, 0.25) is 5.91 Å². The SMILES string of the molecule is CC(NC1CCN(Cc2ccccc2)CC1)C(=O)NCCc1ccc(F)cc1.O=C(O)C(=O)O.O=C(O)C(=O)O. The van der Waals surface area contributed by atoms with Gasteiger partial charge < -0.3 is 31.1 Å². The lowest BCUT2D eigenvalue weighted by Crippen LogP contribution is -2.50. The number of hydrogen-bond acceptors (Lipinski definition) is 7. The van der Waals surface area contributed by atoms with Crippen LogP contribution in [0.2, 0.25) is 0 Å². The molecular weight excluding hydrogens is 529 g/mol. The van der Waals surface area contributed by atoms with Gasteiger partial charge in [-0.05, 0) is 62.5 Å². The third kappa shape index (κ3) is 14.5. The number of carbonyl (C=O) groups is 5. The minimum Gasteiger partial charge on any atom is -0.473 e. The van der Waals surface area contributed by atoms with E-state index in [0.717, 1.165) is 38.0 Å². The van der Waals surface area contributed by atoms with Gasteiger partial charge in [0, 0.05) is 19.1 Å². The minimum absolute atomic E-state index is 0.0221. The van der Waals surface area contributed by atoms with Crippen molar-refractivity contribution in [1.82, 2.24) is 15.5 Å². The van der Waals surface area contributed by atoms with Gasteiger partial charge in [0.1, 0.15) is 5.82 Å². The standard InChI is InChI=1S/C23H30FN3O.2C2H2O4/c1-18(23(28)25-14-11-19-7-9-21(24)10-8-19)26-22-12-15-27(16-13-22)17-20-5-3-2-4-6-20;2*3-1(4)2(5)6/h2-10,18,22,26H,11-17H2,1H3,(H,25,28);2*(H,3,4)(H,5,6). The quantitative estimate of drug-likeness (QED) is 0.255. The molecule has 3 rings (SSSR count). The summed E-state index contributed by atoms with van der Waals surface area (Å²) in [6.07, 6.45) is 2.82. The van der Waals surface area contributed by atoms with Gasteiger partial charge in [-0.15, -0.1) is 0 Å². The number of piperidine rings is 1. The number of rotatable bonds is 8. The molecule has 0 spiro atoms. The summed E-state index contributed by atoms with van der Waals surface area (Å²) in [6, 6.07) is 17.1. The Morgan fingerprint density at radius 1 is 0.825 bits per heavy atom. The smallest absolute Gasteiger partial charge is 0.414 e. The van der Waals surface area contributed by atoms with Crippen LogP contribution in [0.5, 0.6) is 0 Å².